The van der Waals surface area contributed by atoms with Crippen molar-refractivity contribution >= 4 is 15.9 Å². The summed E-state index contributed by atoms with van der Waals surface area (Å²) in [5, 5.41) is 3.43. The monoisotopic (exact) mass is 298 g/mol. The summed E-state index contributed by atoms with van der Waals surface area (Å²) in [4.78, 5) is 4.33. The summed E-state index contributed by atoms with van der Waals surface area (Å²) in [6.45, 7) is 4.23. The predicted molar refractivity (Wildman–Crippen MR) is 77.0 cm³/mol. The zero-order chi connectivity index (χ0) is 12.3. The van der Waals surface area contributed by atoms with Crippen LogP contribution >= 0.6 is 15.9 Å². The molecule has 0 radical (unpaired) electrons. The maximum Gasteiger partial charge on any atom is 0.0542 e. The Morgan fingerprint density at radius 1 is 1.12 bits per heavy atom. The van der Waals surface area contributed by atoms with Crippen LogP contribution in [0.1, 0.15) is 51.1 Å². The van der Waals surface area contributed by atoms with Crippen molar-refractivity contribution in [2.45, 2.75) is 52.0 Å². The Hall–Kier alpha value is -0.410. The summed E-state index contributed by atoms with van der Waals surface area (Å²) in [6.07, 6.45) is 9.96. The second-order valence-corrected chi connectivity index (χ2v) is 5.33. The van der Waals surface area contributed by atoms with Crippen molar-refractivity contribution in [3.05, 3.63) is 28.5 Å². The second-order valence-electron chi connectivity index (χ2n) is 4.41. The molecule has 0 saturated carbocycles. The highest BCUT2D eigenvalue weighted by Crippen LogP contribution is 2.07. The Bertz CT molecular complexity index is 285. The van der Waals surface area contributed by atoms with E-state index in [-0.39, 0.29) is 0 Å². The summed E-state index contributed by atoms with van der Waals surface area (Å²) >= 11 is 3.39. The smallest absolute Gasteiger partial charge is 0.0542 e. The second kappa shape index (κ2) is 9.60. The molecule has 17 heavy (non-hydrogen) atoms. The van der Waals surface area contributed by atoms with Gasteiger partial charge in [-0.3, -0.25) is 4.98 Å². The molecule has 0 unspecified atom stereocenters. The van der Waals surface area contributed by atoms with E-state index in [4.69, 9.17) is 0 Å². The molecule has 0 fully saturated rings. The van der Waals surface area contributed by atoms with E-state index in [1.807, 2.05) is 12.3 Å². The first-order valence-electron chi connectivity index (χ1n) is 6.64. The third-order valence-corrected chi connectivity index (χ3v) is 3.27. The van der Waals surface area contributed by atoms with Gasteiger partial charge in [0.05, 0.1) is 5.69 Å². The molecule has 0 spiro atoms. The molecule has 0 saturated heterocycles. The quantitative estimate of drug-likeness (QED) is 0.688. The fourth-order valence-corrected chi connectivity index (χ4v) is 1.99. The van der Waals surface area contributed by atoms with E-state index < -0.39 is 0 Å². The van der Waals surface area contributed by atoms with Crippen molar-refractivity contribution in [3.8, 4) is 0 Å². The molecule has 0 aliphatic heterocycles. The lowest BCUT2D eigenvalue weighted by Crippen LogP contribution is -2.15. The van der Waals surface area contributed by atoms with Crippen molar-refractivity contribution in [2.24, 2.45) is 0 Å². The molecular weight excluding hydrogens is 276 g/mol. The average Bonchev–Trinajstić information content (AvgIpc) is 2.35. The van der Waals surface area contributed by atoms with E-state index in [2.05, 4.69) is 39.2 Å². The number of aromatic nitrogens is 1. The minimum Gasteiger partial charge on any atom is -0.311 e. The van der Waals surface area contributed by atoms with Crippen LogP contribution in [-0.4, -0.2) is 11.5 Å². The van der Waals surface area contributed by atoms with Crippen LogP contribution in [0.2, 0.25) is 0 Å². The van der Waals surface area contributed by atoms with Crippen LogP contribution in [0.3, 0.4) is 0 Å². The maximum absolute atomic E-state index is 4.33. The summed E-state index contributed by atoms with van der Waals surface area (Å²) < 4.78 is 1.04. The first kappa shape index (κ1) is 14.7. The van der Waals surface area contributed by atoms with Crippen LogP contribution in [0.5, 0.6) is 0 Å². The first-order chi connectivity index (χ1) is 8.33. The van der Waals surface area contributed by atoms with E-state index in [1.54, 1.807) is 0 Å². The van der Waals surface area contributed by atoms with Gasteiger partial charge in [0, 0.05) is 17.2 Å². The van der Waals surface area contributed by atoms with Gasteiger partial charge in [0.1, 0.15) is 0 Å². The molecule has 1 N–H and O–H groups in total. The summed E-state index contributed by atoms with van der Waals surface area (Å²) in [7, 11) is 0. The van der Waals surface area contributed by atoms with Crippen molar-refractivity contribution < 1.29 is 0 Å². The van der Waals surface area contributed by atoms with Crippen LogP contribution in [0, 0.1) is 0 Å². The highest BCUT2D eigenvalue weighted by molar-refractivity contribution is 9.10. The molecule has 1 heterocycles. The van der Waals surface area contributed by atoms with Gasteiger partial charge in [-0.2, -0.15) is 0 Å². The SMILES string of the molecule is CCCCCCCCNCc1ccc(Br)cn1. The topological polar surface area (TPSA) is 24.9 Å². The fraction of sp³-hybridized carbons (Fsp3) is 0.643. The van der Waals surface area contributed by atoms with Gasteiger partial charge in [0.2, 0.25) is 0 Å². The normalized spacial score (nSPS) is 10.7. The summed E-state index contributed by atoms with van der Waals surface area (Å²) in [5.74, 6) is 0. The number of unbranched alkanes of at least 4 members (excludes halogenated alkanes) is 5. The average molecular weight is 299 g/mol. The van der Waals surface area contributed by atoms with E-state index >= 15 is 0 Å². The maximum atomic E-state index is 4.33. The first-order valence-corrected chi connectivity index (χ1v) is 7.43. The predicted octanol–water partition coefficient (Wildman–Crippen LogP) is 4.29. The van der Waals surface area contributed by atoms with Crippen molar-refractivity contribution in [1.82, 2.24) is 10.3 Å². The number of hydrogen-bond acceptors (Lipinski definition) is 2. The van der Waals surface area contributed by atoms with Crippen molar-refractivity contribution in [1.29, 1.82) is 0 Å². The Labute approximate surface area is 113 Å². The molecule has 1 rings (SSSR count). The largest absolute Gasteiger partial charge is 0.311 e. The van der Waals surface area contributed by atoms with E-state index in [0.29, 0.717) is 0 Å². The van der Waals surface area contributed by atoms with Gasteiger partial charge in [0.15, 0.2) is 0 Å². The zero-order valence-corrected chi connectivity index (χ0v) is 12.3. The lowest BCUT2D eigenvalue weighted by molar-refractivity contribution is 0.569. The fourth-order valence-electron chi connectivity index (χ4n) is 1.76. The molecular formula is C14H23BrN2. The summed E-state index contributed by atoms with van der Waals surface area (Å²) in [5.41, 5.74) is 1.11. The third kappa shape index (κ3) is 7.50. The lowest BCUT2D eigenvalue weighted by Gasteiger charge is -2.04. The Kier molecular flexibility index (Phi) is 8.28. The molecule has 0 aromatic carbocycles. The number of pyridine rings is 1. The minimum absolute atomic E-state index is 0.877. The van der Waals surface area contributed by atoms with Gasteiger partial charge in [-0.25, -0.2) is 0 Å². The molecule has 0 aliphatic carbocycles. The molecule has 0 atom stereocenters. The highest BCUT2D eigenvalue weighted by Gasteiger charge is 1.94. The van der Waals surface area contributed by atoms with E-state index in [1.165, 1.54) is 38.5 Å². The van der Waals surface area contributed by atoms with Gasteiger partial charge < -0.3 is 5.32 Å². The van der Waals surface area contributed by atoms with E-state index in [9.17, 15) is 0 Å². The molecule has 96 valence electrons. The third-order valence-electron chi connectivity index (χ3n) is 2.80. The Morgan fingerprint density at radius 2 is 1.88 bits per heavy atom. The van der Waals surface area contributed by atoms with Crippen LogP contribution < -0.4 is 5.32 Å². The van der Waals surface area contributed by atoms with Gasteiger partial charge in [-0.05, 0) is 41.0 Å². The van der Waals surface area contributed by atoms with Gasteiger partial charge in [-0.15, -0.1) is 0 Å². The molecule has 1 aromatic rings. The molecule has 0 aliphatic rings. The molecule has 3 heteroatoms. The molecule has 2 nitrogen and oxygen atoms in total. The van der Waals surface area contributed by atoms with Gasteiger partial charge in [-0.1, -0.05) is 39.0 Å². The van der Waals surface area contributed by atoms with Crippen LogP contribution in [0.25, 0.3) is 0 Å². The van der Waals surface area contributed by atoms with Gasteiger partial charge in [0.25, 0.3) is 0 Å². The van der Waals surface area contributed by atoms with E-state index in [0.717, 1.165) is 23.3 Å². The van der Waals surface area contributed by atoms with Crippen LogP contribution in [-0.2, 0) is 6.54 Å². The van der Waals surface area contributed by atoms with Crippen molar-refractivity contribution in [3.63, 3.8) is 0 Å². The number of nitrogens with one attached hydrogen (secondary N) is 1. The Balaban J connectivity index is 1.95. The molecule has 0 amide bonds. The Morgan fingerprint density at radius 3 is 2.59 bits per heavy atom. The molecule has 0 bridgehead atoms. The number of halogens is 1. The number of rotatable bonds is 9. The number of nitrogens with zero attached hydrogens (tertiary/aromatic N) is 1. The standard InChI is InChI=1S/C14H23BrN2/c1-2-3-4-5-6-7-10-16-12-14-9-8-13(15)11-17-14/h8-9,11,16H,2-7,10,12H2,1H3. The lowest BCUT2D eigenvalue weighted by atomic mass is 10.1. The van der Waals surface area contributed by atoms with Gasteiger partial charge >= 0.3 is 0 Å². The summed E-state index contributed by atoms with van der Waals surface area (Å²) in [6, 6.07) is 4.09. The zero-order valence-electron chi connectivity index (χ0n) is 10.7. The van der Waals surface area contributed by atoms with Crippen molar-refractivity contribution in [2.75, 3.05) is 6.54 Å². The van der Waals surface area contributed by atoms with Crippen LogP contribution in [0.4, 0.5) is 0 Å². The minimum atomic E-state index is 0.877. The van der Waals surface area contributed by atoms with Crippen LogP contribution in [0.15, 0.2) is 22.8 Å². The molecule has 1 aromatic heterocycles. The highest BCUT2D eigenvalue weighted by atomic mass is 79.9. The number of hydrogen-bond donors (Lipinski definition) is 1.